The highest BCUT2D eigenvalue weighted by Crippen LogP contribution is 2.69. The Morgan fingerprint density at radius 1 is 0.476 bits per heavy atom. The van der Waals surface area contributed by atoms with E-state index in [0.29, 0.717) is 0 Å². The maximum atomic E-state index is 16.6. The number of hydrogen-bond donors (Lipinski definition) is 0. The molecule has 5 aromatic carbocycles. The van der Waals surface area contributed by atoms with Gasteiger partial charge in [-0.15, -0.1) is 0 Å². The fourth-order valence-corrected chi connectivity index (χ4v) is 10.9. The van der Waals surface area contributed by atoms with Gasteiger partial charge in [-0.05, 0) is 98.9 Å². The van der Waals surface area contributed by atoms with Gasteiger partial charge in [0, 0.05) is 16.6 Å². The SMILES string of the molecule is Cc1cc(C)c(CC(c2ccccc2)P(=O)(c2ccccc2)C(Cc2c(C)cc(C)cc2C)c2ccccc2)c(C)c1. The lowest BCUT2D eigenvalue weighted by Crippen LogP contribution is -2.22. The van der Waals surface area contributed by atoms with E-state index < -0.39 is 7.14 Å². The second-order valence-electron chi connectivity index (χ2n) is 12.1. The standard InChI is InChI=1S/C40H43OP/c1-28-22-30(3)37(31(4)23-28)26-39(34-16-10-7-11-17-34)42(41,36-20-14-9-15-21-36)40(35-18-12-8-13-19-35)27-38-32(5)24-29(2)25-33(38)6/h7-25,39-40H,26-27H2,1-6H3. The van der Waals surface area contributed by atoms with Crippen molar-refractivity contribution in [1.82, 2.24) is 0 Å². The smallest absolute Gasteiger partial charge is 0.130 e. The van der Waals surface area contributed by atoms with Gasteiger partial charge in [0.25, 0.3) is 0 Å². The Hall–Kier alpha value is -3.67. The minimum Gasteiger partial charge on any atom is -0.317 e. The van der Waals surface area contributed by atoms with Crippen LogP contribution in [0.15, 0.2) is 115 Å². The van der Waals surface area contributed by atoms with Crippen LogP contribution in [0.25, 0.3) is 0 Å². The predicted molar refractivity (Wildman–Crippen MR) is 181 cm³/mol. The summed E-state index contributed by atoms with van der Waals surface area (Å²) in [6.45, 7) is 13.1. The number of benzene rings is 5. The molecule has 0 aromatic heterocycles. The van der Waals surface area contributed by atoms with Crippen LogP contribution in [0.5, 0.6) is 0 Å². The molecule has 214 valence electrons. The van der Waals surface area contributed by atoms with E-state index in [4.69, 9.17) is 0 Å². The monoisotopic (exact) mass is 570 g/mol. The van der Waals surface area contributed by atoms with Gasteiger partial charge in [0.1, 0.15) is 7.14 Å². The number of rotatable bonds is 9. The van der Waals surface area contributed by atoms with Crippen molar-refractivity contribution >= 4 is 12.4 Å². The third-order valence-electron chi connectivity index (χ3n) is 8.93. The molecule has 1 nitrogen and oxygen atoms in total. The highest BCUT2D eigenvalue weighted by Gasteiger charge is 2.44. The van der Waals surface area contributed by atoms with Crippen molar-refractivity contribution in [2.24, 2.45) is 0 Å². The summed E-state index contributed by atoms with van der Waals surface area (Å²) in [5, 5.41) is 0.956. The molecule has 0 fully saturated rings. The van der Waals surface area contributed by atoms with Crippen molar-refractivity contribution < 1.29 is 4.57 Å². The van der Waals surface area contributed by atoms with Crippen LogP contribution in [0.2, 0.25) is 0 Å². The largest absolute Gasteiger partial charge is 0.317 e. The molecule has 0 radical (unpaired) electrons. The molecule has 0 aliphatic heterocycles. The summed E-state index contributed by atoms with van der Waals surface area (Å²) in [4.78, 5) is 0. The van der Waals surface area contributed by atoms with Gasteiger partial charge in [-0.1, -0.05) is 126 Å². The summed E-state index contributed by atoms with van der Waals surface area (Å²) in [7, 11) is -3.17. The van der Waals surface area contributed by atoms with E-state index in [9.17, 15) is 0 Å². The third kappa shape index (κ3) is 6.08. The quantitative estimate of drug-likeness (QED) is 0.161. The van der Waals surface area contributed by atoms with E-state index in [1.54, 1.807) is 0 Å². The van der Waals surface area contributed by atoms with Gasteiger partial charge < -0.3 is 4.57 Å². The molecule has 42 heavy (non-hydrogen) atoms. The molecule has 0 aliphatic carbocycles. The van der Waals surface area contributed by atoms with Crippen LogP contribution in [0.3, 0.4) is 0 Å². The fraction of sp³-hybridized carbons (Fsp3) is 0.250. The summed E-state index contributed by atoms with van der Waals surface area (Å²) in [6, 6.07) is 40.7. The van der Waals surface area contributed by atoms with Crippen molar-refractivity contribution in [2.45, 2.75) is 65.7 Å². The average Bonchev–Trinajstić information content (AvgIpc) is 2.97. The van der Waals surface area contributed by atoms with E-state index in [1.165, 1.54) is 44.5 Å². The highest BCUT2D eigenvalue weighted by atomic mass is 31.2. The molecular formula is C40H43OP. The van der Waals surface area contributed by atoms with Crippen molar-refractivity contribution in [3.8, 4) is 0 Å². The lowest BCUT2D eigenvalue weighted by Gasteiger charge is -2.37. The molecule has 2 unspecified atom stereocenters. The minimum atomic E-state index is -3.17. The van der Waals surface area contributed by atoms with E-state index in [2.05, 4.69) is 151 Å². The first-order chi connectivity index (χ1) is 20.2. The van der Waals surface area contributed by atoms with Crippen molar-refractivity contribution in [1.29, 1.82) is 0 Å². The Bertz CT molecular complexity index is 1550. The van der Waals surface area contributed by atoms with E-state index in [1.807, 2.05) is 6.07 Å². The highest BCUT2D eigenvalue weighted by molar-refractivity contribution is 7.72. The van der Waals surface area contributed by atoms with Gasteiger partial charge in [-0.2, -0.15) is 0 Å². The maximum Gasteiger partial charge on any atom is 0.130 e. The molecular weight excluding hydrogens is 527 g/mol. The fourth-order valence-electron chi connectivity index (χ4n) is 6.99. The summed E-state index contributed by atoms with van der Waals surface area (Å²) in [5.74, 6) is 0. The molecule has 5 aromatic rings. The zero-order chi connectivity index (χ0) is 29.9. The third-order valence-corrected chi connectivity index (χ3v) is 12.8. The second kappa shape index (κ2) is 12.7. The van der Waals surface area contributed by atoms with Gasteiger partial charge in [0.15, 0.2) is 0 Å². The van der Waals surface area contributed by atoms with Crippen LogP contribution in [-0.2, 0) is 17.4 Å². The molecule has 0 bridgehead atoms. The Kier molecular flexibility index (Phi) is 9.00. The normalized spacial score (nSPS) is 14.2. The molecule has 0 saturated carbocycles. The van der Waals surface area contributed by atoms with E-state index >= 15 is 4.57 Å². The molecule has 5 rings (SSSR count). The molecule has 2 atom stereocenters. The van der Waals surface area contributed by atoms with Crippen LogP contribution in [0, 0.1) is 41.5 Å². The molecule has 0 spiro atoms. The first-order valence-electron chi connectivity index (χ1n) is 15.1. The predicted octanol–water partition coefficient (Wildman–Crippen LogP) is 10.5. The first-order valence-corrected chi connectivity index (χ1v) is 16.9. The maximum absolute atomic E-state index is 16.6. The molecule has 0 heterocycles. The van der Waals surface area contributed by atoms with Gasteiger partial charge in [0.05, 0.1) is 0 Å². The van der Waals surface area contributed by atoms with Gasteiger partial charge in [-0.3, -0.25) is 0 Å². The molecule has 0 aliphatic rings. The Balaban J connectivity index is 1.80. The molecule has 0 amide bonds. The molecule has 0 saturated heterocycles. The van der Waals surface area contributed by atoms with Crippen LogP contribution in [-0.4, -0.2) is 0 Å². The van der Waals surface area contributed by atoms with Crippen LogP contribution >= 0.6 is 7.14 Å². The van der Waals surface area contributed by atoms with Crippen molar-refractivity contribution in [2.75, 3.05) is 0 Å². The topological polar surface area (TPSA) is 17.1 Å². The summed E-state index contributed by atoms with van der Waals surface area (Å²) < 4.78 is 16.6. The summed E-state index contributed by atoms with van der Waals surface area (Å²) in [5.41, 5.74) is 12.2. The van der Waals surface area contributed by atoms with Gasteiger partial charge in [-0.25, -0.2) is 0 Å². The average molecular weight is 571 g/mol. The zero-order valence-electron chi connectivity index (χ0n) is 25.9. The summed E-state index contributed by atoms with van der Waals surface area (Å²) >= 11 is 0. The Morgan fingerprint density at radius 3 is 1.12 bits per heavy atom. The van der Waals surface area contributed by atoms with Crippen molar-refractivity contribution in [3.05, 3.63) is 171 Å². The molecule has 2 heteroatoms. The Morgan fingerprint density at radius 2 is 0.786 bits per heavy atom. The van der Waals surface area contributed by atoms with Gasteiger partial charge >= 0.3 is 0 Å². The Labute approximate surface area is 253 Å². The number of hydrogen-bond acceptors (Lipinski definition) is 1. The zero-order valence-corrected chi connectivity index (χ0v) is 26.8. The van der Waals surface area contributed by atoms with Gasteiger partial charge in [0.2, 0.25) is 0 Å². The minimum absolute atomic E-state index is 0.183. The lowest BCUT2D eigenvalue weighted by molar-refractivity contribution is 0.559. The van der Waals surface area contributed by atoms with Crippen LogP contribution < -0.4 is 5.30 Å². The van der Waals surface area contributed by atoms with E-state index in [0.717, 1.165) is 29.3 Å². The molecule has 0 N–H and O–H groups in total. The van der Waals surface area contributed by atoms with Crippen LogP contribution in [0.4, 0.5) is 0 Å². The lowest BCUT2D eigenvalue weighted by atomic mass is 9.94. The number of aryl methyl sites for hydroxylation is 6. The first kappa shape index (κ1) is 29.8. The van der Waals surface area contributed by atoms with E-state index in [-0.39, 0.29) is 11.3 Å². The summed E-state index contributed by atoms with van der Waals surface area (Å²) in [6.07, 6.45) is 1.45. The van der Waals surface area contributed by atoms with Crippen molar-refractivity contribution in [3.63, 3.8) is 0 Å². The second-order valence-corrected chi connectivity index (χ2v) is 15.2. The van der Waals surface area contributed by atoms with Crippen LogP contribution in [0.1, 0.15) is 67.0 Å².